The Morgan fingerprint density at radius 1 is 1.25 bits per heavy atom. The van der Waals surface area contributed by atoms with Crippen LogP contribution >= 0.6 is 11.6 Å². The molecule has 2 aromatic heterocycles. The highest BCUT2D eigenvalue weighted by Crippen LogP contribution is 2.29. The lowest BCUT2D eigenvalue weighted by Gasteiger charge is -2.01. The molecular weight excluding hydrogens is 276 g/mol. The van der Waals surface area contributed by atoms with Gasteiger partial charge in [0.1, 0.15) is 6.07 Å². The molecule has 1 aromatic carbocycles. The molecule has 0 saturated heterocycles. The summed E-state index contributed by atoms with van der Waals surface area (Å²) in [5.41, 5.74) is 8.94. The summed E-state index contributed by atoms with van der Waals surface area (Å²) < 4.78 is 1.44. The Balaban J connectivity index is 2.32. The first kappa shape index (κ1) is 12.4. The van der Waals surface area contributed by atoms with Gasteiger partial charge in [0.15, 0.2) is 11.5 Å². The third-order valence-corrected chi connectivity index (χ3v) is 3.24. The van der Waals surface area contributed by atoms with E-state index in [-0.39, 0.29) is 11.5 Å². The van der Waals surface area contributed by atoms with Crippen LogP contribution in [0.15, 0.2) is 24.3 Å². The summed E-state index contributed by atoms with van der Waals surface area (Å²) in [5.74, 6) is 0.181. The number of benzene rings is 1. The van der Waals surface area contributed by atoms with E-state index in [1.54, 1.807) is 12.1 Å². The van der Waals surface area contributed by atoms with Gasteiger partial charge in [0.2, 0.25) is 5.69 Å². The van der Waals surface area contributed by atoms with E-state index in [2.05, 4.69) is 15.3 Å². The molecule has 0 saturated carbocycles. The second kappa shape index (κ2) is 4.47. The molecule has 0 aliphatic heterocycles. The fourth-order valence-electron chi connectivity index (χ4n) is 2.06. The predicted molar refractivity (Wildman–Crippen MR) is 75.1 cm³/mol. The monoisotopic (exact) mass is 284 g/mol. The van der Waals surface area contributed by atoms with Crippen molar-refractivity contribution in [1.29, 1.82) is 5.26 Å². The zero-order valence-electron chi connectivity index (χ0n) is 10.5. The van der Waals surface area contributed by atoms with Crippen LogP contribution < -0.4 is 5.73 Å². The first-order chi connectivity index (χ1) is 9.61. The molecule has 98 valence electrons. The fourth-order valence-corrected chi connectivity index (χ4v) is 2.18. The number of halogens is 1. The summed E-state index contributed by atoms with van der Waals surface area (Å²) in [6, 6.07) is 9.23. The number of hydrogen-bond donors (Lipinski definition) is 1. The molecular formula is C13H9ClN6. The summed E-state index contributed by atoms with van der Waals surface area (Å²) in [7, 11) is 0. The Hall–Kier alpha value is -2.65. The van der Waals surface area contributed by atoms with Gasteiger partial charge in [-0.3, -0.25) is 0 Å². The van der Waals surface area contributed by atoms with Crippen LogP contribution in [0.3, 0.4) is 0 Å². The minimum Gasteiger partial charge on any atom is -0.381 e. The Kier molecular flexibility index (Phi) is 2.77. The highest BCUT2D eigenvalue weighted by Gasteiger charge is 2.17. The maximum absolute atomic E-state index is 8.91. The molecule has 3 rings (SSSR count). The number of nitrogen functional groups attached to an aromatic ring is 1. The minimum absolute atomic E-state index is 0.0580. The molecule has 0 fully saturated rings. The highest BCUT2D eigenvalue weighted by atomic mass is 35.5. The van der Waals surface area contributed by atoms with Gasteiger partial charge in [-0.15, -0.1) is 10.2 Å². The molecule has 0 aliphatic carbocycles. The van der Waals surface area contributed by atoms with Crippen molar-refractivity contribution >= 4 is 23.1 Å². The number of nitriles is 1. The van der Waals surface area contributed by atoms with Crippen molar-refractivity contribution < 1.29 is 0 Å². The Bertz CT molecular complexity index is 844. The SMILES string of the molecule is Cc1nn2c(N)c(C#N)nnc2c1-c1ccc(Cl)cc1. The van der Waals surface area contributed by atoms with Crippen molar-refractivity contribution in [2.75, 3.05) is 5.73 Å². The first-order valence-electron chi connectivity index (χ1n) is 5.79. The van der Waals surface area contributed by atoms with Crippen molar-refractivity contribution in [1.82, 2.24) is 19.8 Å². The lowest BCUT2D eigenvalue weighted by molar-refractivity contribution is 0.879. The van der Waals surface area contributed by atoms with E-state index in [0.29, 0.717) is 10.7 Å². The van der Waals surface area contributed by atoms with Gasteiger partial charge >= 0.3 is 0 Å². The third kappa shape index (κ3) is 1.76. The van der Waals surface area contributed by atoms with Crippen LogP contribution in [0.2, 0.25) is 5.02 Å². The number of anilines is 1. The van der Waals surface area contributed by atoms with Gasteiger partial charge in [-0.2, -0.15) is 14.9 Å². The summed E-state index contributed by atoms with van der Waals surface area (Å²) in [4.78, 5) is 0. The molecule has 7 heteroatoms. The number of aromatic nitrogens is 4. The van der Waals surface area contributed by atoms with E-state index in [1.807, 2.05) is 25.1 Å². The molecule has 0 unspecified atom stereocenters. The zero-order valence-corrected chi connectivity index (χ0v) is 11.3. The van der Waals surface area contributed by atoms with Crippen LogP contribution in [0.1, 0.15) is 11.4 Å². The largest absolute Gasteiger partial charge is 0.381 e. The fraction of sp³-hybridized carbons (Fsp3) is 0.0769. The van der Waals surface area contributed by atoms with Crippen molar-refractivity contribution in [3.63, 3.8) is 0 Å². The van der Waals surface area contributed by atoms with Crippen molar-refractivity contribution in [2.45, 2.75) is 6.92 Å². The van der Waals surface area contributed by atoms with Crippen LogP contribution in [0, 0.1) is 18.3 Å². The average molecular weight is 285 g/mol. The quantitative estimate of drug-likeness (QED) is 0.739. The molecule has 3 aromatic rings. The van der Waals surface area contributed by atoms with Gasteiger partial charge in [-0.1, -0.05) is 23.7 Å². The second-order valence-corrected chi connectivity index (χ2v) is 4.68. The summed E-state index contributed by atoms with van der Waals surface area (Å²) >= 11 is 5.89. The van der Waals surface area contributed by atoms with Crippen LogP contribution in [0.4, 0.5) is 5.82 Å². The molecule has 0 radical (unpaired) electrons. The van der Waals surface area contributed by atoms with Gasteiger partial charge < -0.3 is 5.73 Å². The van der Waals surface area contributed by atoms with E-state index < -0.39 is 0 Å². The number of nitrogens with zero attached hydrogens (tertiary/aromatic N) is 5. The number of hydrogen-bond acceptors (Lipinski definition) is 5. The Morgan fingerprint density at radius 2 is 1.95 bits per heavy atom. The van der Waals surface area contributed by atoms with Crippen LogP contribution in [-0.2, 0) is 0 Å². The lowest BCUT2D eigenvalue weighted by Crippen LogP contribution is -2.06. The van der Waals surface area contributed by atoms with Gasteiger partial charge in [-0.05, 0) is 24.6 Å². The van der Waals surface area contributed by atoms with Gasteiger partial charge in [0.05, 0.1) is 11.3 Å². The molecule has 20 heavy (non-hydrogen) atoms. The Labute approximate surface area is 119 Å². The standard InChI is InChI=1S/C13H9ClN6/c1-7-11(8-2-4-9(14)5-3-8)13-18-17-10(6-15)12(16)20(13)19-7/h2-5H,16H2,1H3. The normalized spacial score (nSPS) is 10.7. The average Bonchev–Trinajstić information content (AvgIpc) is 2.78. The zero-order chi connectivity index (χ0) is 14.3. The number of aryl methyl sites for hydroxylation is 1. The van der Waals surface area contributed by atoms with E-state index in [1.165, 1.54) is 4.52 Å². The molecule has 0 amide bonds. The predicted octanol–water partition coefficient (Wildman–Crippen LogP) is 2.21. The molecule has 0 bridgehead atoms. The lowest BCUT2D eigenvalue weighted by atomic mass is 10.1. The molecule has 0 spiro atoms. The minimum atomic E-state index is 0.0580. The maximum Gasteiger partial charge on any atom is 0.205 e. The molecule has 6 nitrogen and oxygen atoms in total. The van der Waals surface area contributed by atoms with E-state index in [9.17, 15) is 0 Å². The van der Waals surface area contributed by atoms with E-state index >= 15 is 0 Å². The van der Waals surface area contributed by atoms with E-state index in [0.717, 1.165) is 16.8 Å². The van der Waals surface area contributed by atoms with Gasteiger partial charge in [0.25, 0.3) is 0 Å². The van der Waals surface area contributed by atoms with Crippen molar-refractivity contribution in [3.8, 4) is 17.2 Å². The van der Waals surface area contributed by atoms with Crippen molar-refractivity contribution in [2.24, 2.45) is 0 Å². The molecule has 2 heterocycles. The van der Waals surface area contributed by atoms with Crippen molar-refractivity contribution in [3.05, 3.63) is 40.7 Å². The first-order valence-corrected chi connectivity index (χ1v) is 6.17. The van der Waals surface area contributed by atoms with Crippen LogP contribution in [0.25, 0.3) is 16.8 Å². The Morgan fingerprint density at radius 3 is 2.60 bits per heavy atom. The molecule has 0 atom stereocenters. The second-order valence-electron chi connectivity index (χ2n) is 4.25. The van der Waals surface area contributed by atoms with Crippen LogP contribution in [0.5, 0.6) is 0 Å². The number of nitrogens with two attached hydrogens (primary N) is 1. The summed E-state index contributed by atoms with van der Waals surface area (Å²) in [5, 5.41) is 21.8. The highest BCUT2D eigenvalue weighted by molar-refractivity contribution is 6.30. The summed E-state index contributed by atoms with van der Waals surface area (Å²) in [6.07, 6.45) is 0. The third-order valence-electron chi connectivity index (χ3n) is 2.99. The van der Waals surface area contributed by atoms with Gasteiger partial charge in [0, 0.05) is 5.02 Å². The molecule has 2 N–H and O–H groups in total. The smallest absolute Gasteiger partial charge is 0.205 e. The number of rotatable bonds is 1. The molecule has 0 aliphatic rings. The number of fused-ring (bicyclic) bond motifs is 1. The van der Waals surface area contributed by atoms with Crippen LogP contribution in [-0.4, -0.2) is 19.8 Å². The summed E-state index contributed by atoms with van der Waals surface area (Å²) in [6.45, 7) is 1.85. The maximum atomic E-state index is 8.91. The topological polar surface area (TPSA) is 92.9 Å². The van der Waals surface area contributed by atoms with Gasteiger partial charge in [-0.25, -0.2) is 0 Å². The van der Waals surface area contributed by atoms with E-state index in [4.69, 9.17) is 22.6 Å².